The molecule has 2 atom stereocenters. The molecule has 19 heavy (non-hydrogen) atoms. The summed E-state index contributed by atoms with van der Waals surface area (Å²) in [4.78, 5) is 23.3. The number of hydrogen-bond acceptors (Lipinski definition) is 3. The minimum absolute atomic E-state index is 0.0992. The van der Waals surface area contributed by atoms with Crippen molar-refractivity contribution in [2.45, 2.75) is 31.2 Å². The van der Waals surface area contributed by atoms with Crippen LogP contribution in [0.1, 0.15) is 30.9 Å². The van der Waals surface area contributed by atoms with Crippen LogP contribution in [0, 0.1) is 0 Å². The Balaban J connectivity index is 1.73. The van der Waals surface area contributed by atoms with Crippen molar-refractivity contribution >= 4 is 17.1 Å². The first-order chi connectivity index (χ1) is 9.26. The Kier molecular flexibility index (Phi) is 3.03. The second-order valence-electron chi connectivity index (χ2n) is 4.93. The molecule has 0 saturated heterocycles. The number of H-pyrrole nitrogens is 1. The maximum absolute atomic E-state index is 11.3. The number of nitrogens with one attached hydrogen (secondary N) is 2. The average molecular weight is 256 g/mol. The van der Waals surface area contributed by atoms with Crippen LogP contribution in [0.3, 0.4) is 0 Å². The van der Waals surface area contributed by atoms with Crippen molar-refractivity contribution in [3.05, 3.63) is 36.8 Å². The molecule has 0 bridgehead atoms. The molecule has 0 spiro atoms. The van der Waals surface area contributed by atoms with Gasteiger partial charge in [0.25, 0.3) is 0 Å². The molecule has 2 heterocycles. The highest BCUT2D eigenvalue weighted by atomic mass is 16.1. The van der Waals surface area contributed by atoms with E-state index >= 15 is 0 Å². The van der Waals surface area contributed by atoms with Gasteiger partial charge < -0.3 is 10.3 Å². The number of carbonyl (C=O) groups is 1. The van der Waals surface area contributed by atoms with Gasteiger partial charge in [0.15, 0.2) is 5.65 Å². The Morgan fingerprint density at radius 3 is 3.26 bits per heavy atom. The normalized spacial score (nSPS) is 22.5. The summed E-state index contributed by atoms with van der Waals surface area (Å²) in [6.45, 7) is 3.47. The average Bonchev–Trinajstić information content (AvgIpc) is 3.05. The van der Waals surface area contributed by atoms with Crippen LogP contribution in [0.15, 0.2) is 31.1 Å². The maximum atomic E-state index is 11.3. The van der Waals surface area contributed by atoms with E-state index in [1.54, 1.807) is 0 Å². The summed E-state index contributed by atoms with van der Waals surface area (Å²) in [5, 5.41) is 2.95. The van der Waals surface area contributed by atoms with Gasteiger partial charge in [-0.15, -0.1) is 0 Å². The third-order valence-electron chi connectivity index (χ3n) is 3.66. The van der Waals surface area contributed by atoms with Crippen molar-refractivity contribution in [1.29, 1.82) is 0 Å². The van der Waals surface area contributed by atoms with Crippen LogP contribution in [0.4, 0.5) is 0 Å². The molecule has 2 aromatic rings. The van der Waals surface area contributed by atoms with Gasteiger partial charge in [0.2, 0.25) is 5.91 Å². The van der Waals surface area contributed by atoms with Crippen LogP contribution in [0.2, 0.25) is 0 Å². The van der Waals surface area contributed by atoms with E-state index < -0.39 is 0 Å². The molecule has 5 nitrogen and oxygen atoms in total. The van der Waals surface area contributed by atoms with Crippen LogP contribution < -0.4 is 5.32 Å². The highest BCUT2D eigenvalue weighted by Crippen LogP contribution is 2.33. The molecular formula is C14H16N4O. The molecule has 1 amide bonds. The van der Waals surface area contributed by atoms with Crippen LogP contribution in [-0.2, 0) is 4.79 Å². The van der Waals surface area contributed by atoms with E-state index in [0.717, 1.165) is 36.1 Å². The number of hydrogen-bond donors (Lipinski definition) is 2. The summed E-state index contributed by atoms with van der Waals surface area (Å²) in [5.41, 5.74) is 2.73. The topological polar surface area (TPSA) is 70.7 Å². The molecule has 1 aliphatic rings. The van der Waals surface area contributed by atoms with Gasteiger partial charge in [-0.1, -0.05) is 6.58 Å². The molecule has 5 heteroatoms. The first kappa shape index (κ1) is 11.9. The van der Waals surface area contributed by atoms with Crippen molar-refractivity contribution in [1.82, 2.24) is 20.3 Å². The SMILES string of the molecule is C=CC(=O)N[C@H]1CCC(c2cnc3[nH]ccc3n2)C1. The lowest BCUT2D eigenvalue weighted by atomic mass is 10.0. The summed E-state index contributed by atoms with van der Waals surface area (Å²) in [7, 11) is 0. The maximum Gasteiger partial charge on any atom is 0.243 e. The first-order valence-corrected chi connectivity index (χ1v) is 6.49. The number of fused-ring (bicyclic) bond motifs is 1. The Morgan fingerprint density at radius 1 is 1.53 bits per heavy atom. The zero-order valence-electron chi connectivity index (χ0n) is 10.6. The summed E-state index contributed by atoms with van der Waals surface area (Å²) in [5.74, 6) is 0.278. The quantitative estimate of drug-likeness (QED) is 0.824. The lowest BCUT2D eigenvalue weighted by Gasteiger charge is -2.11. The van der Waals surface area contributed by atoms with Crippen LogP contribution in [-0.4, -0.2) is 26.9 Å². The number of amides is 1. The molecule has 3 rings (SSSR count). The largest absolute Gasteiger partial charge is 0.350 e. The van der Waals surface area contributed by atoms with Crippen LogP contribution >= 0.6 is 0 Å². The van der Waals surface area contributed by atoms with E-state index in [1.807, 2.05) is 18.5 Å². The van der Waals surface area contributed by atoms with E-state index in [1.165, 1.54) is 6.08 Å². The Bertz CT molecular complexity index is 619. The first-order valence-electron chi connectivity index (χ1n) is 6.49. The molecule has 1 fully saturated rings. The smallest absolute Gasteiger partial charge is 0.243 e. The predicted molar refractivity (Wildman–Crippen MR) is 72.6 cm³/mol. The minimum Gasteiger partial charge on any atom is -0.350 e. The third-order valence-corrected chi connectivity index (χ3v) is 3.66. The van der Waals surface area contributed by atoms with E-state index in [9.17, 15) is 4.79 Å². The number of carbonyl (C=O) groups excluding carboxylic acids is 1. The van der Waals surface area contributed by atoms with Crippen LogP contribution in [0.5, 0.6) is 0 Å². The standard InChI is InChI=1S/C14H16N4O/c1-2-13(19)17-10-4-3-9(7-10)12-8-16-14-11(18-12)5-6-15-14/h2,5-6,8-10H,1,3-4,7H2,(H,15,16)(H,17,19)/t9?,10-/m0/s1. The van der Waals surface area contributed by atoms with Gasteiger partial charge in [-0.05, 0) is 31.4 Å². The second kappa shape index (κ2) is 4.84. The van der Waals surface area contributed by atoms with Gasteiger partial charge in [-0.25, -0.2) is 9.97 Å². The van der Waals surface area contributed by atoms with Gasteiger partial charge in [0, 0.05) is 18.2 Å². The highest BCUT2D eigenvalue weighted by molar-refractivity contribution is 5.87. The predicted octanol–water partition coefficient (Wildman–Crippen LogP) is 1.90. The third kappa shape index (κ3) is 2.36. The number of aromatic nitrogens is 3. The fourth-order valence-electron chi connectivity index (χ4n) is 2.68. The fourth-order valence-corrected chi connectivity index (χ4v) is 2.68. The van der Waals surface area contributed by atoms with Gasteiger partial charge in [-0.3, -0.25) is 4.79 Å². The highest BCUT2D eigenvalue weighted by Gasteiger charge is 2.27. The van der Waals surface area contributed by atoms with Crippen molar-refractivity contribution in [3.8, 4) is 0 Å². The lowest BCUT2D eigenvalue weighted by molar-refractivity contribution is -0.117. The fraction of sp³-hybridized carbons (Fsp3) is 0.357. The molecule has 2 aromatic heterocycles. The Labute approximate surface area is 111 Å². The molecule has 2 N–H and O–H groups in total. The minimum atomic E-state index is -0.0992. The molecule has 1 unspecified atom stereocenters. The van der Waals surface area contributed by atoms with Gasteiger partial charge in [0.1, 0.15) is 5.52 Å². The molecular weight excluding hydrogens is 240 g/mol. The van der Waals surface area contributed by atoms with Crippen molar-refractivity contribution in [2.75, 3.05) is 0 Å². The van der Waals surface area contributed by atoms with E-state index in [4.69, 9.17) is 0 Å². The van der Waals surface area contributed by atoms with Gasteiger partial charge >= 0.3 is 0 Å². The summed E-state index contributed by atoms with van der Waals surface area (Å²) in [6, 6.07) is 2.15. The lowest BCUT2D eigenvalue weighted by Crippen LogP contribution is -2.31. The molecule has 1 aliphatic carbocycles. The van der Waals surface area contributed by atoms with Gasteiger partial charge in [-0.2, -0.15) is 0 Å². The summed E-state index contributed by atoms with van der Waals surface area (Å²) < 4.78 is 0. The monoisotopic (exact) mass is 256 g/mol. The molecule has 0 aromatic carbocycles. The van der Waals surface area contributed by atoms with Gasteiger partial charge in [0.05, 0.1) is 11.9 Å². The van der Waals surface area contributed by atoms with Crippen molar-refractivity contribution < 1.29 is 4.79 Å². The van der Waals surface area contributed by atoms with E-state index in [-0.39, 0.29) is 11.9 Å². The second-order valence-corrected chi connectivity index (χ2v) is 4.93. The summed E-state index contributed by atoms with van der Waals surface area (Å²) >= 11 is 0. The van der Waals surface area contributed by atoms with Crippen molar-refractivity contribution in [2.24, 2.45) is 0 Å². The number of rotatable bonds is 3. The zero-order valence-corrected chi connectivity index (χ0v) is 10.6. The van der Waals surface area contributed by atoms with E-state index in [0.29, 0.717) is 5.92 Å². The van der Waals surface area contributed by atoms with Crippen molar-refractivity contribution in [3.63, 3.8) is 0 Å². The zero-order chi connectivity index (χ0) is 13.2. The summed E-state index contributed by atoms with van der Waals surface area (Å²) in [6.07, 6.45) is 7.93. The Hall–Kier alpha value is -2.17. The van der Waals surface area contributed by atoms with Crippen LogP contribution in [0.25, 0.3) is 11.2 Å². The molecule has 1 saturated carbocycles. The number of aromatic amines is 1. The van der Waals surface area contributed by atoms with E-state index in [2.05, 4.69) is 26.8 Å². The Morgan fingerprint density at radius 2 is 2.42 bits per heavy atom. The number of nitrogens with zero attached hydrogens (tertiary/aromatic N) is 2. The molecule has 0 radical (unpaired) electrons. The molecule has 0 aliphatic heterocycles. The molecule has 98 valence electrons.